The lowest BCUT2D eigenvalue weighted by Crippen LogP contribution is -2.23. The minimum atomic E-state index is 0.336. The van der Waals surface area contributed by atoms with Crippen molar-refractivity contribution in [2.45, 2.75) is 39.3 Å². The summed E-state index contributed by atoms with van der Waals surface area (Å²) in [4.78, 5) is 0. The van der Waals surface area contributed by atoms with Crippen LogP contribution in [0.5, 0.6) is 5.75 Å². The fourth-order valence-corrected chi connectivity index (χ4v) is 2.34. The number of rotatable bonds is 4. The molecule has 1 aromatic heterocycles. The molecular weight excluding hydrogens is 224 g/mol. The third-order valence-electron chi connectivity index (χ3n) is 3.47. The van der Waals surface area contributed by atoms with Gasteiger partial charge in [-0.2, -0.15) is 0 Å². The van der Waals surface area contributed by atoms with E-state index in [1.807, 2.05) is 19.2 Å². The molecule has 0 bridgehead atoms. The van der Waals surface area contributed by atoms with Gasteiger partial charge in [0.2, 0.25) is 0 Å². The van der Waals surface area contributed by atoms with Gasteiger partial charge in [0.15, 0.2) is 0 Å². The third-order valence-corrected chi connectivity index (χ3v) is 3.47. The molecule has 0 aliphatic rings. The standard InChI is InChI=1S/C15H22N2O/c1-10(2)17-9-12(7-11(3)16-4)14-8-13(18)5-6-15(14)17/h5-6,8-11,16,18H,7H2,1-4H3. The van der Waals surface area contributed by atoms with E-state index in [1.54, 1.807) is 6.07 Å². The first-order valence-corrected chi connectivity index (χ1v) is 6.52. The molecular formula is C15H22N2O. The Hall–Kier alpha value is -1.48. The summed E-state index contributed by atoms with van der Waals surface area (Å²) in [5.74, 6) is 0.336. The van der Waals surface area contributed by atoms with E-state index >= 15 is 0 Å². The topological polar surface area (TPSA) is 37.2 Å². The van der Waals surface area contributed by atoms with Gasteiger partial charge in [-0.25, -0.2) is 0 Å². The van der Waals surface area contributed by atoms with Gasteiger partial charge in [0.05, 0.1) is 0 Å². The van der Waals surface area contributed by atoms with E-state index in [1.165, 1.54) is 11.1 Å². The maximum atomic E-state index is 9.67. The van der Waals surface area contributed by atoms with E-state index in [4.69, 9.17) is 0 Å². The first-order chi connectivity index (χ1) is 8.52. The second-order valence-electron chi connectivity index (χ2n) is 5.25. The third kappa shape index (κ3) is 2.36. The molecule has 0 saturated heterocycles. The Morgan fingerprint density at radius 2 is 2.00 bits per heavy atom. The lowest BCUT2D eigenvalue weighted by atomic mass is 10.1. The van der Waals surface area contributed by atoms with Crippen molar-refractivity contribution in [2.24, 2.45) is 0 Å². The predicted octanol–water partition coefficient (Wildman–Crippen LogP) is 3.08. The fourth-order valence-electron chi connectivity index (χ4n) is 2.34. The van der Waals surface area contributed by atoms with Crippen LogP contribution < -0.4 is 5.32 Å². The minimum Gasteiger partial charge on any atom is -0.508 e. The van der Waals surface area contributed by atoms with Crippen molar-refractivity contribution in [2.75, 3.05) is 7.05 Å². The molecule has 1 aromatic carbocycles. The number of benzene rings is 1. The van der Waals surface area contributed by atoms with Gasteiger partial charge in [-0.15, -0.1) is 0 Å². The van der Waals surface area contributed by atoms with Crippen LogP contribution in [0.1, 0.15) is 32.4 Å². The largest absolute Gasteiger partial charge is 0.508 e. The smallest absolute Gasteiger partial charge is 0.116 e. The number of likely N-dealkylation sites (N-methyl/N-ethyl adjacent to an activating group) is 1. The molecule has 2 N–H and O–H groups in total. The number of fused-ring (bicyclic) bond motifs is 1. The lowest BCUT2D eigenvalue weighted by molar-refractivity contribution is 0.476. The second kappa shape index (κ2) is 5.02. The Morgan fingerprint density at radius 1 is 1.28 bits per heavy atom. The Kier molecular flexibility index (Phi) is 3.62. The van der Waals surface area contributed by atoms with Gasteiger partial charge in [-0.3, -0.25) is 0 Å². The number of nitrogens with zero attached hydrogens (tertiary/aromatic N) is 1. The van der Waals surface area contributed by atoms with E-state index in [9.17, 15) is 5.11 Å². The average molecular weight is 246 g/mol. The van der Waals surface area contributed by atoms with Crippen LogP contribution in [0.25, 0.3) is 10.9 Å². The summed E-state index contributed by atoms with van der Waals surface area (Å²) in [6.07, 6.45) is 3.18. The Bertz CT molecular complexity index is 543. The van der Waals surface area contributed by atoms with Crippen molar-refractivity contribution in [3.05, 3.63) is 30.0 Å². The first kappa shape index (κ1) is 13.0. The first-order valence-electron chi connectivity index (χ1n) is 6.52. The van der Waals surface area contributed by atoms with Crippen molar-refractivity contribution < 1.29 is 5.11 Å². The highest BCUT2D eigenvalue weighted by Gasteiger charge is 2.12. The molecule has 0 radical (unpaired) electrons. The highest BCUT2D eigenvalue weighted by atomic mass is 16.3. The van der Waals surface area contributed by atoms with Gasteiger partial charge in [-0.1, -0.05) is 0 Å². The summed E-state index contributed by atoms with van der Waals surface area (Å²) in [6, 6.07) is 6.48. The number of phenols is 1. The summed E-state index contributed by atoms with van der Waals surface area (Å²) in [5.41, 5.74) is 2.48. The van der Waals surface area contributed by atoms with Crippen LogP contribution >= 0.6 is 0 Å². The highest BCUT2D eigenvalue weighted by Crippen LogP contribution is 2.28. The van der Waals surface area contributed by atoms with Crippen molar-refractivity contribution in [1.29, 1.82) is 0 Å². The molecule has 1 heterocycles. The molecule has 18 heavy (non-hydrogen) atoms. The number of hydrogen-bond donors (Lipinski definition) is 2. The summed E-state index contributed by atoms with van der Waals surface area (Å²) >= 11 is 0. The summed E-state index contributed by atoms with van der Waals surface area (Å²) in [5, 5.41) is 14.1. The SMILES string of the molecule is CNC(C)Cc1cn(C(C)C)c2ccc(O)cc12. The zero-order valence-electron chi connectivity index (χ0n) is 11.6. The molecule has 3 nitrogen and oxygen atoms in total. The maximum absolute atomic E-state index is 9.67. The molecule has 3 heteroatoms. The molecule has 0 fully saturated rings. The Morgan fingerprint density at radius 3 is 2.61 bits per heavy atom. The van der Waals surface area contributed by atoms with Crippen LogP contribution in [-0.2, 0) is 6.42 Å². The normalized spacial score (nSPS) is 13.4. The molecule has 0 aliphatic carbocycles. The van der Waals surface area contributed by atoms with Crippen LogP contribution in [0.3, 0.4) is 0 Å². The molecule has 0 spiro atoms. The van der Waals surface area contributed by atoms with Crippen LogP contribution in [0.15, 0.2) is 24.4 Å². The van der Waals surface area contributed by atoms with E-state index in [-0.39, 0.29) is 0 Å². The van der Waals surface area contributed by atoms with E-state index in [0.717, 1.165) is 11.8 Å². The van der Waals surface area contributed by atoms with Crippen molar-refractivity contribution in [3.63, 3.8) is 0 Å². The summed E-state index contributed by atoms with van der Waals surface area (Å²) < 4.78 is 2.27. The van der Waals surface area contributed by atoms with Crippen LogP contribution in [0.4, 0.5) is 0 Å². The molecule has 2 rings (SSSR count). The van der Waals surface area contributed by atoms with E-state index in [2.05, 4.69) is 36.9 Å². The van der Waals surface area contributed by atoms with Crippen LogP contribution in [0.2, 0.25) is 0 Å². The molecule has 0 saturated carbocycles. The van der Waals surface area contributed by atoms with Crippen LogP contribution in [0, 0.1) is 0 Å². The van der Waals surface area contributed by atoms with Crippen molar-refractivity contribution >= 4 is 10.9 Å². The van der Waals surface area contributed by atoms with Crippen LogP contribution in [-0.4, -0.2) is 22.8 Å². The molecule has 0 aliphatic heterocycles. The zero-order chi connectivity index (χ0) is 13.3. The van der Waals surface area contributed by atoms with Gasteiger partial charge in [0.1, 0.15) is 5.75 Å². The summed E-state index contributed by atoms with van der Waals surface area (Å²) in [7, 11) is 1.98. The molecule has 98 valence electrons. The van der Waals surface area contributed by atoms with Gasteiger partial charge in [0, 0.05) is 29.2 Å². The lowest BCUT2D eigenvalue weighted by Gasteiger charge is -2.09. The number of aromatic nitrogens is 1. The van der Waals surface area contributed by atoms with E-state index < -0.39 is 0 Å². The maximum Gasteiger partial charge on any atom is 0.116 e. The second-order valence-corrected chi connectivity index (χ2v) is 5.25. The van der Waals surface area contributed by atoms with E-state index in [0.29, 0.717) is 17.8 Å². The Labute approximate surface area is 108 Å². The van der Waals surface area contributed by atoms with Gasteiger partial charge < -0.3 is 15.0 Å². The average Bonchev–Trinajstić information content (AvgIpc) is 2.67. The monoisotopic (exact) mass is 246 g/mol. The molecule has 2 aromatic rings. The number of nitrogens with one attached hydrogen (secondary N) is 1. The van der Waals surface area contributed by atoms with Gasteiger partial charge >= 0.3 is 0 Å². The molecule has 1 unspecified atom stereocenters. The number of aromatic hydroxyl groups is 1. The number of phenolic OH excluding ortho intramolecular Hbond substituents is 1. The van der Waals surface area contributed by atoms with Gasteiger partial charge in [0.25, 0.3) is 0 Å². The zero-order valence-corrected chi connectivity index (χ0v) is 11.6. The van der Waals surface area contributed by atoms with Crippen molar-refractivity contribution in [3.8, 4) is 5.75 Å². The fraction of sp³-hybridized carbons (Fsp3) is 0.467. The highest BCUT2D eigenvalue weighted by molar-refractivity contribution is 5.85. The molecule has 0 amide bonds. The van der Waals surface area contributed by atoms with Crippen molar-refractivity contribution in [1.82, 2.24) is 9.88 Å². The van der Waals surface area contributed by atoms with Gasteiger partial charge in [-0.05, 0) is 58.0 Å². The molecule has 1 atom stereocenters. The Balaban J connectivity index is 2.54. The minimum absolute atomic E-state index is 0.336. The number of hydrogen-bond acceptors (Lipinski definition) is 2. The summed E-state index contributed by atoms with van der Waals surface area (Å²) in [6.45, 7) is 6.52. The predicted molar refractivity (Wildman–Crippen MR) is 76.2 cm³/mol. The quantitative estimate of drug-likeness (QED) is 0.870.